The molecule has 0 aliphatic carbocycles. The van der Waals surface area contributed by atoms with E-state index >= 15 is 0 Å². The van der Waals surface area contributed by atoms with Crippen LogP contribution in [-0.2, 0) is 20.1 Å². The number of aryl methyl sites for hydroxylation is 1. The van der Waals surface area contributed by atoms with Crippen molar-refractivity contribution in [3.8, 4) is 0 Å². The number of halogens is 2. The smallest absolute Gasteiger partial charge is 0.192 e. The van der Waals surface area contributed by atoms with Crippen LogP contribution in [0, 0.1) is 12.7 Å². The number of hydrogen-bond acceptors (Lipinski definition) is 6. The summed E-state index contributed by atoms with van der Waals surface area (Å²) >= 11 is 1.70. The Labute approximate surface area is 202 Å². The molecule has 8 nitrogen and oxygen atoms in total. The van der Waals surface area contributed by atoms with Gasteiger partial charge in [0.25, 0.3) is 0 Å². The summed E-state index contributed by atoms with van der Waals surface area (Å²) in [4.78, 5) is 12.1. The number of anilines is 1. The number of nitrogens with zero attached hydrogens (tertiary/aromatic N) is 6. The molecule has 1 saturated heterocycles. The quantitative estimate of drug-likeness (QED) is 0.276. The lowest BCUT2D eigenvalue weighted by Crippen LogP contribution is -2.44. The molecule has 1 unspecified atom stereocenters. The van der Waals surface area contributed by atoms with Gasteiger partial charge >= 0.3 is 0 Å². The summed E-state index contributed by atoms with van der Waals surface area (Å²) in [5.74, 6) is 2.47. The highest BCUT2D eigenvalue weighted by Gasteiger charge is 2.26. The molecule has 31 heavy (non-hydrogen) atoms. The summed E-state index contributed by atoms with van der Waals surface area (Å²) in [7, 11) is 1.93. The Morgan fingerprint density at radius 2 is 2.19 bits per heavy atom. The van der Waals surface area contributed by atoms with Crippen molar-refractivity contribution < 1.29 is 4.39 Å². The monoisotopic (exact) mass is 556 g/mol. The van der Waals surface area contributed by atoms with Gasteiger partial charge < -0.3 is 20.1 Å². The highest BCUT2D eigenvalue weighted by molar-refractivity contribution is 14.0. The molecule has 0 amide bonds. The van der Waals surface area contributed by atoms with Crippen molar-refractivity contribution in [3.05, 3.63) is 58.2 Å². The number of nitrogens with one attached hydrogen (secondary N) is 2. The van der Waals surface area contributed by atoms with E-state index in [1.165, 1.54) is 10.9 Å². The Hall–Kier alpha value is -2.28. The van der Waals surface area contributed by atoms with Gasteiger partial charge in [-0.25, -0.2) is 14.4 Å². The number of pyridine rings is 1. The normalized spacial score (nSPS) is 16.3. The van der Waals surface area contributed by atoms with Gasteiger partial charge in [-0.15, -0.1) is 45.5 Å². The van der Waals surface area contributed by atoms with Gasteiger partial charge in [0.2, 0.25) is 0 Å². The first-order valence-electron chi connectivity index (χ1n) is 9.87. The van der Waals surface area contributed by atoms with Crippen molar-refractivity contribution in [2.24, 2.45) is 12.0 Å². The van der Waals surface area contributed by atoms with Crippen LogP contribution in [0.1, 0.15) is 22.9 Å². The fourth-order valence-corrected chi connectivity index (χ4v) is 3.99. The van der Waals surface area contributed by atoms with Crippen molar-refractivity contribution >= 4 is 47.1 Å². The minimum Gasteiger partial charge on any atom is -0.352 e. The zero-order chi connectivity index (χ0) is 20.9. The molecule has 0 aromatic carbocycles. The van der Waals surface area contributed by atoms with Gasteiger partial charge in [0, 0.05) is 37.3 Å². The first-order valence-corrected chi connectivity index (χ1v) is 10.8. The van der Waals surface area contributed by atoms with Crippen LogP contribution in [0.25, 0.3) is 0 Å². The second-order valence-electron chi connectivity index (χ2n) is 7.20. The van der Waals surface area contributed by atoms with Crippen molar-refractivity contribution in [2.75, 3.05) is 18.0 Å². The second kappa shape index (κ2) is 10.8. The molecule has 0 bridgehead atoms. The van der Waals surface area contributed by atoms with E-state index in [0.29, 0.717) is 31.4 Å². The van der Waals surface area contributed by atoms with Crippen LogP contribution in [0.15, 0.2) is 40.8 Å². The number of aliphatic imine (C=N–C) groups is 1. The van der Waals surface area contributed by atoms with E-state index < -0.39 is 0 Å². The molecule has 4 heterocycles. The van der Waals surface area contributed by atoms with Crippen LogP contribution in [0.3, 0.4) is 0 Å². The molecule has 0 spiro atoms. The van der Waals surface area contributed by atoms with Gasteiger partial charge in [-0.2, -0.15) is 0 Å². The zero-order valence-electron chi connectivity index (χ0n) is 17.5. The summed E-state index contributed by atoms with van der Waals surface area (Å²) in [6, 6.07) is 7.31. The fourth-order valence-electron chi connectivity index (χ4n) is 3.35. The van der Waals surface area contributed by atoms with Crippen molar-refractivity contribution in [2.45, 2.75) is 32.5 Å². The predicted octanol–water partition coefficient (Wildman–Crippen LogP) is 2.85. The molecular weight excluding hydrogens is 530 g/mol. The maximum atomic E-state index is 14.1. The van der Waals surface area contributed by atoms with Gasteiger partial charge in [-0.05, 0) is 36.9 Å². The van der Waals surface area contributed by atoms with E-state index in [9.17, 15) is 4.39 Å². The van der Waals surface area contributed by atoms with E-state index in [1.807, 2.05) is 29.5 Å². The average Bonchev–Trinajstić information content (AvgIpc) is 3.49. The summed E-state index contributed by atoms with van der Waals surface area (Å²) < 4.78 is 16.0. The van der Waals surface area contributed by atoms with Crippen LogP contribution < -0.4 is 15.5 Å². The van der Waals surface area contributed by atoms with E-state index in [4.69, 9.17) is 4.99 Å². The third-order valence-corrected chi connectivity index (χ3v) is 6.02. The summed E-state index contributed by atoms with van der Waals surface area (Å²) in [6.45, 7) is 4.43. The minimum absolute atomic E-state index is 0. The van der Waals surface area contributed by atoms with Crippen molar-refractivity contribution in [1.29, 1.82) is 0 Å². The highest BCUT2D eigenvalue weighted by Crippen LogP contribution is 2.20. The SMILES string of the molecule is Cc1nnc(CN=C(NCc2cccs2)NC2CCN(c3ncccc3F)C2)n1C.I. The average molecular weight is 556 g/mol. The maximum absolute atomic E-state index is 14.1. The molecule has 1 aliphatic rings. The van der Waals surface area contributed by atoms with Crippen molar-refractivity contribution in [1.82, 2.24) is 30.4 Å². The molecule has 4 rings (SSSR count). The molecule has 0 radical (unpaired) electrons. The molecule has 2 N–H and O–H groups in total. The molecule has 166 valence electrons. The number of hydrogen-bond donors (Lipinski definition) is 2. The summed E-state index contributed by atoms with van der Waals surface area (Å²) in [6.07, 6.45) is 2.50. The largest absolute Gasteiger partial charge is 0.352 e. The molecule has 3 aromatic heterocycles. The Kier molecular flexibility index (Phi) is 8.18. The number of guanidine groups is 1. The molecule has 1 fully saturated rings. The fraction of sp³-hybridized carbons (Fsp3) is 0.400. The first kappa shape index (κ1) is 23.4. The number of thiophene rings is 1. The minimum atomic E-state index is -0.291. The molecule has 3 aromatic rings. The van der Waals surface area contributed by atoms with Gasteiger partial charge in [-0.3, -0.25) is 0 Å². The van der Waals surface area contributed by atoms with E-state index in [0.717, 1.165) is 24.6 Å². The maximum Gasteiger partial charge on any atom is 0.192 e. The number of rotatable bonds is 6. The van der Waals surface area contributed by atoms with Gasteiger partial charge in [0.05, 0.1) is 6.54 Å². The Bertz CT molecular complexity index is 1010. The summed E-state index contributed by atoms with van der Waals surface area (Å²) in [5.41, 5.74) is 0. The van der Waals surface area contributed by atoms with E-state index in [-0.39, 0.29) is 35.8 Å². The van der Waals surface area contributed by atoms with Crippen LogP contribution in [0.2, 0.25) is 0 Å². The third kappa shape index (κ3) is 5.91. The van der Waals surface area contributed by atoms with E-state index in [1.54, 1.807) is 23.6 Å². The Morgan fingerprint density at radius 1 is 1.32 bits per heavy atom. The van der Waals surface area contributed by atoms with Crippen LogP contribution >= 0.6 is 35.3 Å². The Morgan fingerprint density at radius 3 is 2.90 bits per heavy atom. The van der Waals surface area contributed by atoms with Crippen LogP contribution in [-0.4, -0.2) is 44.8 Å². The first-order chi connectivity index (χ1) is 14.6. The summed E-state index contributed by atoms with van der Waals surface area (Å²) in [5, 5.41) is 17.2. The van der Waals surface area contributed by atoms with Gasteiger partial charge in [-0.1, -0.05) is 6.07 Å². The zero-order valence-corrected chi connectivity index (χ0v) is 20.6. The standard InChI is InChI=1S/C20H25FN8S.HI/c1-14-26-27-18(28(14)2)12-24-20(23-11-16-5-4-10-30-16)25-15-7-9-29(13-15)19-17(21)6-3-8-22-19;/h3-6,8,10,15H,7,9,11-13H2,1-2H3,(H2,23,24,25);1H. The lowest BCUT2D eigenvalue weighted by molar-refractivity contribution is 0.612. The van der Waals surface area contributed by atoms with Crippen LogP contribution in [0.5, 0.6) is 0 Å². The Balaban J connectivity index is 0.00000272. The van der Waals surface area contributed by atoms with Crippen LogP contribution in [0.4, 0.5) is 10.2 Å². The highest BCUT2D eigenvalue weighted by atomic mass is 127. The molecule has 1 atom stereocenters. The van der Waals surface area contributed by atoms with Gasteiger partial charge in [0.15, 0.2) is 23.4 Å². The van der Waals surface area contributed by atoms with Gasteiger partial charge in [0.1, 0.15) is 12.4 Å². The topological polar surface area (TPSA) is 83.3 Å². The molecule has 1 aliphatic heterocycles. The number of aromatic nitrogens is 4. The predicted molar refractivity (Wildman–Crippen MR) is 131 cm³/mol. The lowest BCUT2D eigenvalue weighted by atomic mass is 10.3. The second-order valence-corrected chi connectivity index (χ2v) is 8.24. The third-order valence-electron chi connectivity index (χ3n) is 5.14. The van der Waals surface area contributed by atoms with E-state index in [2.05, 4.69) is 37.3 Å². The van der Waals surface area contributed by atoms with Crippen molar-refractivity contribution in [3.63, 3.8) is 0 Å². The molecular formula is C20H26FIN8S. The molecule has 0 saturated carbocycles. The lowest BCUT2D eigenvalue weighted by Gasteiger charge is -2.20. The molecule has 11 heteroatoms.